The van der Waals surface area contributed by atoms with Gasteiger partial charge in [0.05, 0.1) is 30.6 Å². The molecule has 2 aromatic rings. The van der Waals surface area contributed by atoms with Gasteiger partial charge in [0.2, 0.25) is 5.88 Å². The van der Waals surface area contributed by atoms with E-state index in [1.54, 1.807) is 18.2 Å². The van der Waals surface area contributed by atoms with Crippen LogP contribution in [0.4, 0.5) is 14.5 Å². The minimum atomic E-state index is -0.754. The number of ether oxygens (including phenoxy) is 1. The van der Waals surface area contributed by atoms with Crippen LogP contribution in [0.3, 0.4) is 0 Å². The molecular formula is C14H11F2N3O. The molecule has 0 atom stereocenters. The third-order valence-corrected chi connectivity index (χ3v) is 2.68. The molecule has 0 aliphatic heterocycles. The zero-order valence-corrected chi connectivity index (χ0v) is 10.7. The van der Waals surface area contributed by atoms with E-state index in [4.69, 9.17) is 10.00 Å². The Morgan fingerprint density at radius 2 is 2.00 bits per heavy atom. The van der Waals surface area contributed by atoms with Crippen LogP contribution in [0.15, 0.2) is 30.5 Å². The lowest BCUT2D eigenvalue weighted by Crippen LogP contribution is -2.05. The number of hydrogen-bond donors (Lipinski definition) is 1. The second-order valence-corrected chi connectivity index (χ2v) is 3.97. The maximum Gasteiger partial charge on any atom is 0.213 e. The number of hydrogen-bond acceptors (Lipinski definition) is 4. The lowest BCUT2D eigenvalue weighted by Gasteiger charge is -2.09. The molecule has 102 valence electrons. The van der Waals surface area contributed by atoms with Crippen molar-refractivity contribution in [2.24, 2.45) is 0 Å². The van der Waals surface area contributed by atoms with Crippen LogP contribution in [0, 0.1) is 23.0 Å². The van der Waals surface area contributed by atoms with E-state index in [0.29, 0.717) is 11.6 Å². The molecule has 0 spiro atoms. The van der Waals surface area contributed by atoms with Crippen LogP contribution in [0.5, 0.6) is 5.88 Å². The van der Waals surface area contributed by atoms with Gasteiger partial charge in [-0.05, 0) is 18.2 Å². The van der Waals surface area contributed by atoms with Gasteiger partial charge in [-0.25, -0.2) is 13.8 Å². The van der Waals surface area contributed by atoms with Gasteiger partial charge < -0.3 is 10.1 Å². The van der Waals surface area contributed by atoms with Gasteiger partial charge >= 0.3 is 0 Å². The van der Waals surface area contributed by atoms with Crippen molar-refractivity contribution < 1.29 is 13.5 Å². The van der Waals surface area contributed by atoms with Crippen LogP contribution in [-0.4, -0.2) is 12.1 Å². The molecule has 6 heteroatoms. The van der Waals surface area contributed by atoms with Gasteiger partial charge in [-0.1, -0.05) is 0 Å². The van der Waals surface area contributed by atoms with Crippen LogP contribution in [0.2, 0.25) is 0 Å². The minimum Gasteiger partial charge on any atom is -0.481 e. The summed E-state index contributed by atoms with van der Waals surface area (Å²) in [6.07, 6.45) is 1.50. The van der Waals surface area contributed by atoms with E-state index in [0.717, 1.165) is 12.1 Å². The number of benzene rings is 1. The highest BCUT2D eigenvalue weighted by atomic mass is 19.1. The number of pyridine rings is 1. The van der Waals surface area contributed by atoms with Crippen LogP contribution < -0.4 is 10.1 Å². The standard InChI is InChI=1S/C14H11F2N3O/c1-20-14-3-2-10(7-19-14)18-8-11-12(15)4-9(6-17)5-13(11)16/h2-5,7,18H,8H2,1H3. The van der Waals surface area contributed by atoms with Gasteiger partial charge in [-0.15, -0.1) is 0 Å². The third kappa shape index (κ3) is 3.01. The van der Waals surface area contributed by atoms with Gasteiger partial charge in [0.1, 0.15) is 11.6 Å². The number of nitrogens with zero attached hydrogens (tertiary/aromatic N) is 2. The fourth-order valence-electron chi connectivity index (χ4n) is 1.63. The van der Waals surface area contributed by atoms with E-state index >= 15 is 0 Å². The number of aromatic nitrogens is 1. The van der Waals surface area contributed by atoms with Crippen molar-refractivity contribution in [3.05, 3.63) is 53.2 Å². The van der Waals surface area contributed by atoms with Crippen LogP contribution in [-0.2, 0) is 6.54 Å². The van der Waals surface area contributed by atoms with Crippen molar-refractivity contribution in [2.45, 2.75) is 6.54 Å². The zero-order chi connectivity index (χ0) is 14.5. The van der Waals surface area contributed by atoms with E-state index in [1.807, 2.05) is 0 Å². The highest BCUT2D eigenvalue weighted by molar-refractivity contribution is 5.43. The predicted molar refractivity (Wildman–Crippen MR) is 69.2 cm³/mol. The summed E-state index contributed by atoms with van der Waals surface area (Å²) in [6.45, 7) is -0.0443. The summed E-state index contributed by atoms with van der Waals surface area (Å²) in [6, 6.07) is 7.03. The molecule has 0 radical (unpaired) electrons. The topological polar surface area (TPSA) is 57.9 Å². The Bertz CT molecular complexity index is 627. The largest absolute Gasteiger partial charge is 0.481 e. The van der Waals surface area contributed by atoms with E-state index in [-0.39, 0.29) is 17.7 Å². The Hall–Kier alpha value is -2.68. The monoisotopic (exact) mass is 275 g/mol. The van der Waals surface area contributed by atoms with Crippen molar-refractivity contribution in [3.63, 3.8) is 0 Å². The van der Waals surface area contributed by atoms with Crippen molar-refractivity contribution in [3.8, 4) is 11.9 Å². The molecule has 1 aromatic heterocycles. The SMILES string of the molecule is COc1ccc(NCc2c(F)cc(C#N)cc2F)cn1. The van der Waals surface area contributed by atoms with Gasteiger partial charge in [0, 0.05) is 18.2 Å². The first-order valence-electron chi connectivity index (χ1n) is 5.76. The molecule has 0 aliphatic rings. The summed E-state index contributed by atoms with van der Waals surface area (Å²) in [7, 11) is 1.50. The Labute approximate surface area is 114 Å². The summed E-state index contributed by atoms with van der Waals surface area (Å²) < 4.78 is 32.2. The summed E-state index contributed by atoms with van der Waals surface area (Å²) in [5.41, 5.74) is 0.434. The van der Waals surface area contributed by atoms with E-state index < -0.39 is 11.6 Å². The van der Waals surface area contributed by atoms with Gasteiger partial charge in [-0.2, -0.15) is 5.26 Å². The lowest BCUT2D eigenvalue weighted by atomic mass is 10.1. The molecule has 0 fully saturated rings. The first-order valence-corrected chi connectivity index (χ1v) is 5.76. The van der Waals surface area contributed by atoms with Gasteiger partial charge in [0.15, 0.2) is 0 Å². The van der Waals surface area contributed by atoms with Crippen molar-refractivity contribution in [1.82, 2.24) is 4.98 Å². The number of anilines is 1. The second kappa shape index (κ2) is 5.97. The first-order chi connectivity index (χ1) is 9.63. The van der Waals surface area contributed by atoms with Crippen LogP contribution in [0.1, 0.15) is 11.1 Å². The molecule has 4 nitrogen and oxygen atoms in total. The number of halogens is 2. The molecule has 0 aliphatic carbocycles. The number of nitriles is 1. The van der Waals surface area contributed by atoms with Crippen LogP contribution >= 0.6 is 0 Å². The van der Waals surface area contributed by atoms with Crippen molar-refractivity contribution in [2.75, 3.05) is 12.4 Å². The van der Waals surface area contributed by atoms with E-state index in [1.165, 1.54) is 13.3 Å². The number of methoxy groups -OCH3 is 1. The summed E-state index contributed by atoms with van der Waals surface area (Å²) in [5, 5.41) is 11.5. The average Bonchev–Trinajstić information content (AvgIpc) is 2.46. The fraction of sp³-hybridized carbons (Fsp3) is 0.143. The van der Waals surface area contributed by atoms with Crippen molar-refractivity contribution in [1.29, 1.82) is 5.26 Å². The molecule has 20 heavy (non-hydrogen) atoms. The summed E-state index contributed by atoms with van der Waals surface area (Å²) in [4.78, 5) is 3.97. The fourth-order valence-corrected chi connectivity index (χ4v) is 1.63. The predicted octanol–water partition coefficient (Wildman–Crippen LogP) is 2.85. The molecule has 0 bridgehead atoms. The zero-order valence-electron chi connectivity index (χ0n) is 10.7. The number of nitrogens with one attached hydrogen (secondary N) is 1. The summed E-state index contributed by atoms with van der Waals surface area (Å²) >= 11 is 0. The Balaban J connectivity index is 2.12. The first kappa shape index (κ1) is 13.7. The van der Waals surface area contributed by atoms with Gasteiger partial charge in [0.25, 0.3) is 0 Å². The third-order valence-electron chi connectivity index (χ3n) is 2.68. The highest BCUT2D eigenvalue weighted by Gasteiger charge is 2.11. The maximum atomic E-state index is 13.7. The summed E-state index contributed by atoms with van der Waals surface area (Å²) in [5.74, 6) is -1.06. The maximum absolute atomic E-state index is 13.7. The molecule has 1 heterocycles. The molecule has 0 unspecified atom stereocenters. The van der Waals surface area contributed by atoms with E-state index in [2.05, 4.69) is 10.3 Å². The molecule has 1 N–H and O–H groups in total. The molecule has 1 aromatic carbocycles. The number of rotatable bonds is 4. The molecule has 0 saturated carbocycles. The van der Waals surface area contributed by atoms with Crippen molar-refractivity contribution >= 4 is 5.69 Å². The Morgan fingerprint density at radius 3 is 2.50 bits per heavy atom. The van der Waals surface area contributed by atoms with Crippen LogP contribution in [0.25, 0.3) is 0 Å². The second-order valence-electron chi connectivity index (χ2n) is 3.97. The quantitative estimate of drug-likeness (QED) is 0.932. The smallest absolute Gasteiger partial charge is 0.213 e. The minimum absolute atomic E-state index is 0.0443. The normalized spacial score (nSPS) is 9.90. The Kier molecular flexibility index (Phi) is 4.11. The highest BCUT2D eigenvalue weighted by Crippen LogP contribution is 2.17. The molecule has 0 amide bonds. The molecule has 0 saturated heterocycles. The average molecular weight is 275 g/mol. The lowest BCUT2D eigenvalue weighted by molar-refractivity contribution is 0.398. The van der Waals surface area contributed by atoms with E-state index in [9.17, 15) is 8.78 Å². The Morgan fingerprint density at radius 1 is 1.30 bits per heavy atom. The van der Waals surface area contributed by atoms with Gasteiger partial charge in [-0.3, -0.25) is 0 Å². The molecular weight excluding hydrogens is 264 g/mol. The molecule has 2 rings (SSSR count).